The van der Waals surface area contributed by atoms with E-state index < -0.39 is 6.61 Å². The summed E-state index contributed by atoms with van der Waals surface area (Å²) in [5.74, 6) is 0.787. The molecule has 1 aromatic rings. The van der Waals surface area contributed by atoms with Crippen molar-refractivity contribution in [2.75, 3.05) is 19.7 Å². The predicted octanol–water partition coefficient (Wildman–Crippen LogP) is 3.28. The van der Waals surface area contributed by atoms with Crippen LogP contribution in [0.2, 0.25) is 0 Å². The monoisotopic (exact) mass is 329 g/mol. The molecular weight excluding hydrogens is 304 g/mol. The summed E-state index contributed by atoms with van der Waals surface area (Å²) in [5, 5.41) is 9.64. The third kappa shape index (κ3) is 5.32. The van der Waals surface area contributed by atoms with Crippen LogP contribution in [0.5, 0.6) is 11.5 Å². The molecule has 1 aromatic carbocycles. The Labute approximate surface area is 136 Å². The first-order valence-electron chi connectivity index (χ1n) is 8.10. The lowest BCUT2D eigenvalue weighted by Crippen LogP contribution is -2.36. The van der Waals surface area contributed by atoms with Gasteiger partial charge in [-0.2, -0.15) is 8.78 Å². The summed E-state index contributed by atoms with van der Waals surface area (Å²) < 4.78 is 34.7. The number of nitrogens with zero attached hydrogens (tertiary/aromatic N) is 1. The summed E-state index contributed by atoms with van der Waals surface area (Å²) in [6.07, 6.45) is 1.69. The van der Waals surface area contributed by atoms with Crippen molar-refractivity contribution in [2.24, 2.45) is 5.92 Å². The van der Waals surface area contributed by atoms with Crippen molar-refractivity contribution in [1.82, 2.24) is 4.90 Å². The van der Waals surface area contributed by atoms with Crippen molar-refractivity contribution < 1.29 is 23.4 Å². The van der Waals surface area contributed by atoms with Crippen LogP contribution in [0.15, 0.2) is 18.2 Å². The van der Waals surface area contributed by atoms with Gasteiger partial charge in [0.2, 0.25) is 0 Å². The molecule has 0 amide bonds. The highest BCUT2D eigenvalue weighted by atomic mass is 19.3. The number of alkyl halides is 2. The number of benzene rings is 1. The van der Waals surface area contributed by atoms with Gasteiger partial charge in [0.25, 0.3) is 0 Å². The average Bonchev–Trinajstić information content (AvgIpc) is 2.50. The summed E-state index contributed by atoms with van der Waals surface area (Å²) in [5.41, 5.74) is 1.01. The Kier molecular flexibility index (Phi) is 6.59. The number of rotatable bonds is 7. The Balaban J connectivity index is 1.99. The minimum Gasteiger partial charge on any atom is -0.490 e. The van der Waals surface area contributed by atoms with Crippen LogP contribution in [0, 0.1) is 5.92 Å². The van der Waals surface area contributed by atoms with E-state index in [1.54, 1.807) is 19.1 Å². The summed E-state index contributed by atoms with van der Waals surface area (Å²) >= 11 is 0. The minimum atomic E-state index is -2.86. The lowest BCUT2D eigenvalue weighted by Gasteiger charge is -2.33. The lowest BCUT2D eigenvalue weighted by atomic mass is 9.92. The Morgan fingerprint density at radius 1 is 1.26 bits per heavy atom. The molecule has 4 nitrogen and oxygen atoms in total. The highest BCUT2D eigenvalue weighted by Crippen LogP contribution is 2.31. The first-order chi connectivity index (χ1) is 11.0. The van der Waals surface area contributed by atoms with Crippen molar-refractivity contribution in [3.05, 3.63) is 23.8 Å². The molecule has 6 heteroatoms. The molecule has 1 aliphatic heterocycles. The van der Waals surface area contributed by atoms with Gasteiger partial charge in [-0.05, 0) is 63.4 Å². The summed E-state index contributed by atoms with van der Waals surface area (Å²) in [7, 11) is 0. The largest absolute Gasteiger partial charge is 0.490 e. The number of aliphatic hydroxyl groups is 1. The molecule has 1 N–H and O–H groups in total. The van der Waals surface area contributed by atoms with E-state index in [2.05, 4.69) is 9.64 Å². The second-order valence-electron chi connectivity index (χ2n) is 5.95. The Morgan fingerprint density at radius 3 is 2.52 bits per heavy atom. The van der Waals surface area contributed by atoms with Crippen LogP contribution < -0.4 is 9.47 Å². The Bertz CT molecular complexity index is 489. The van der Waals surface area contributed by atoms with Crippen molar-refractivity contribution in [1.29, 1.82) is 0 Å². The molecule has 130 valence electrons. The second-order valence-corrected chi connectivity index (χ2v) is 5.95. The normalized spacial score (nSPS) is 18.2. The van der Waals surface area contributed by atoms with Gasteiger partial charge < -0.3 is 14.6 Å². The van der Waals surface area contributed by atoms with E-state index in [0.29, 0.717) is 18.3 Å². The second kappa shape index (κ2) is 8.45. The van der Waals surface area contributed by atoms with E-state index in [4.69, 9.17) is 4.74 Å². The molecule has 1 heterocycles. The third-order valence-electron chi connectivity index (χ3n) is 4.24. The van der Waals surface area contributed by atoms with Gasteiger partial charge in [0.15, 0.2) is 11.5 Å². The fraction of sp³-hybridized carbons (Fsp3) is 0.647. The molecule has 1 atom stereocenters. The van der Waals surface area contributed by atoms with Gasteiger partial charge in [-0.15, -0.1) is 0 Å². The first kappa shape index (κ1) is 17.9. The van der Waals surface area contributed by atoms with Gasteiger partial charge in [-0.3, -0.25) is 4.90 Å². The zero-order chi connectivity index (χ0) is 16.8. The third-order valence-corrected chi connectivity index (χ3v) is 4.24. The van der Waals surface area contributed by atoms with E-state index in [9.17, 15) is 13.9 Å². The summed E-state index contributed by atoms with van der Waals surface area (Å²) in [6.45, 7) is 3.77. The fourth-order valence-electron chi connectivity index (χ4n) is 2.96. The molecule has 1 saturated heterocycles. The van der Waals surface area contributed by atoms with Gasteiger partial charge in [-0.1, -0.05) is 6.07 Å². The molecule has 0 spiro atoms. The lowest BCUT2D eigenvalue weighted by molar-refractivity contribution is -0.0514. The maximum absolute atomic E-state index is 12.4. The highest BCUT2D eigenvalue weighted by molar-refractivity contribution is 5.43. The standard InChI is InChI=1S/C17H25F2NO3/c1-3-22-16-10-13(4-5-15(16)23-17(18)19)11-20-8-6-14(7-9-20)12(2)21/h4-5,10,12,14,17,21H,3,6-9,11H2,1-2H3. The number of ether oxygens (including phenoxy) is 2. The van der Waals surface area contributed by atoms with Crippen LogP contribution in [0.4, 0.5) is 8.78 Å². The Morgan fingerprint density at radius 2 is 1.96 bits per heavy atom. The zero-order valence-electron chi connectivity index (χ0n) is 13.7. The topological polar surface area (TPSA) is 41.9 Å². The van der Waals surface area contributed by atoms with Gasteiger partial charge in [0.1, 0.15) is 0 Å². The molecule has 0 radical (unpaired) electrons. The van der Waals surface area contributed by atoms with Gasteiger partial charge in [-0.25, -0.2) is 0 Å². The molecular formula is C17H25F2NO3. The molecule has 23 heavy (non-hydrogen) atoms. The quantitative estimate of drug-likeness (QED) is 0.833. The van der Waals surface area contributed by atoms with Crippen molar-refractivity contribution in [3.63, 3.8) is 0 Å². The number of hydrogen-bond donors (Lipinski definition) is 1. The smallest absolute Gasteiger partial charge is 0.387 e. The van der Waals surface area contributed by atoms with Crippen LogP contribution in [-0.2, 0) is 6.54 Å². The predicted molar refractivity (Wildman–Crippen MR) is 83.9 cm³/mol. The van der Waals surface area contributed by atoms with E-state index in [1.807, 2.05) is 6.92 Å². The van der Waals surface area contributed by atoms with E-state index in [-0.39, 0.29) is 11.9 Å². The number of halogens is 2. The van der Waals surface area contributed by atoms with E-state index in [0.717, 1.165) is 38.0 Å². The molecule has 1 fully saturated rings. The molecule has 1 aliphatic rings. The SMILES string of the molecule is CCOc1cc(CN2CCC(C(C)O)CC2)ccc1OC(F)F. The molecule has 0 bridgehead atoms. The van der Waals surface area contributed by atoms with Crippen LogP contribution in [0.1, 0.15) is 32.3 Å². The van der Waals surface area contributed by atoms with E-state index >= 15 is 0 Å². The molecule has 2 rings (SSSR count). The van der Waals surface area contributed by atoms with Gasteiger partial charge in [0, 0.05) is 6.54 Å². The van der Waals surface area contributed by atoms with Gasteiger partial charge >= 0.3 is 6.61 Å². The maximum atomic E-state index is 12.4. The maximum Gasteiger partial charge on any atom is 0.387 e. The zero-order valence-corrected chi connectivity index (χ0v) is 13.7. The average molecular weight is 329 g/mol. The number of piperidine rings is 1. The molecule has 0 aliphatic carbocycles. The van der Waals surface area contributed by atoms with E-state index in [1.165, 1.54) is 6.07 Å². The summed E-state index contributed by atoms with van der Waals surface area (Å²) in [4.78, 5) is 2.30. The number of aliphatic hydroxyl groups excluding tert-OH is 1. The van der Waals surface area contributed by atoms with Crippen LogP contribution in [-0.4, -0.2) is 42.4 Å². The molecule has 0 saturated carbocycles. The van der Waals surface area contributed by atoms with Crippen molar-refractivity contribution in [2.45, 2.75) is 45.9 Å². The van der Waals surface area contributed by atoms with Gasteiger partial charge in [0.05, 0.1) is 12.7 Å². The summed E-state index contributed by atoms with van der Waals surface area (Å²) in [6, 6.07) is 5.10. The molecule has 0 aromatic heterocycles. The Hall–Kier alpha value is -1.40. The fourth-order valence-corrected chi connectivity index (χ4v) is 2.96. The highest BCUT2D eigenvalue weighted by Gasteiger charge is 2.23. The van der Waals surface area contributed by atoms with Crippen LogP contribution in [0.25, 0.3) is 0 Å². The number of hydrogen-bond acceptors (Lipinski definition) is 4. The number of likely N-dealkylation sites (tertiary alicyclic amines) is 1. The van der Waals surface area contributed by atoms with Crippen molar-refractivity contribution >= 4 is 0 Å². The van der Waals surface area contributed by atoms with Crippen LogP contribution in [0.3, 0.4) is 0 Å². The van der Waals surface area contributed by atoms with Crippen molar-refractivity contribution in [3.8, 4) is 11.5 Å². The first-order valence-corrected chi connectivity index (χ1v) is 8.10. The molecule has 1 unspecified atom stereocenters. The minimum absolute atomic E-state index is 0.0680. The van der Waals surface area contributed by atoms with Crippen LogP contribution >= 0.6 is 0 Å².